The second-order valence-electron chi connectivity index (χ2n) is 6.93. The number of hydrogen-bond donors (Lipinski definition) is 0. The van der Waals surface area contributed by atoms with Gasteiger partial charge in [-0.25, -0.2) is 0 Å². The van der Waals surface area contributed by atoms with Crippen molar-refractivity contribution in [2.45, 2.75) is 58.5 Å². The number of methoxy groups -OCH3 is 1. The maximum absolute atomic E-state index is 11.9. The topological polar surface area (TPSA) is 26.3 Å². The standard InChI is InChI=1S/C17H24O2/c1-16-8-6-12-10-14(19-3)4-5-15(12)17(16,2)9-7-13(18)11-16/h5,10,14H,4,6-9,11H2,1-3H3. The first-order valence-electron chi connectivity index (χ1n) is 7.45. The van der Waals surface area contributed by atoms with Gasteiger partial charge in [-0.3, -0.25) is 4.79 Å². The van der Waals surface area contributed by atoms with Gasteiger partial charge in [-0.1, -0.05) is 26.0 Å². The number of allylic oxidation sites excluding steroid dienone is 2. The molecule has 2 nitrogen and oxygen atoms in total. The summed E-state index contributed by atoms with van der Waals surface area (Å²) in [4.78, 5) is 11.9. The Hall–Kier alpha value is -0.890. The van der Waals surface area contributed by atoms with Crippen molar-refractivity contribution in [2.75, 3.05) is 7.11 Å². The van der Waals surface area contributed by atoms with Gasteiger partial charge in [0, 0.05) is 20.0 Å². The summed E-state index contributed by atoms with van der Waals surface area (Å²) >= 11 is 0. The van der Waals surface area contributed by atoms with Crippen LogP contribution in [0, 0.1) is 10.8 Å². The fourth-order valence-corrected chi connectivity index (χ4v) is 4.35. The van der Waals surface area contributed by atoms with Crippen LogP contribution in [-0.4, -0.2) is 19.0 Å². The average molecular weight is 260 g/mol. The quantitative estimate of drug-likeness (QED) is 0.716. The van der Waals surface area contributed by atoms with Gasteiger partial charge in [0.1, 0.15) is 5.78 Å². The normalized spacial score (nSPS) is 42.1. The Morgan fingerprint density at radius 2 is 2.05 bits per heavy atom. The molecule has 2 fully saturated rings. The highest BCUT2D eigenvalue weighted by atomic mass is 16.5. The van der Waals surface area contributed by atoms with Crippen molar-refractivity contribution in [1.29, 1.82) is 0 Å². The number of Topliss-reactive ketones (excluding diaryl/α,β-unsaturated/α-hetero) is 1. The molecule has 0 amide bonds. The van der Waals surface area contributed by atoms with Gasteiger partial charge in [-0.15, -0.1) is 0 Å². The number of carbonyl (C=O) groups is 1. The van der Waals surface area contributed by atoms with Crippen molar-refractivity contribution in [3.05, 3.63) is 23.3 Å². The molecule has 0 radical (unpaired) electrons. The molecular formula is C17H24O2. The Morgan fingerprint density at radius 1 is 1.26 bits per heavy atom. The van der Waals surface area contributed by atoms with E-state index in [1.807, 2.05) is 0 Å². The van der Waals surface area contributed by atoms with Crippen LogP contribution in [0.2, 0.25) is 0 Å². The van der Waals surface area contributed by atoms with E-state index in [-0.39, 0.29) is 16.9 Å². The van der Waals surface area contributed by atoms with E-state index >= 15 is 0 Å². The van der Waals surface area contributed by atoms with E-state index in [2.05, 4.69) is 26.0 Å². The zero-order valence-electron chi connectivity index (χ0n) is 12.3. The minimum absolute atomic E-state index is 0.158. The molecular weight excluding hydrogens is 236 g/mol. The van der Waals surface area contributed by atoms with Crippen molar-refractivity contribution in [3.8, 4) is 0 Å². The van der Waals surface area contributed by atoms with Crippen LogP contribution in [0.5, 0.6) is 0 Å². The Morgan fingerprint density at radius 3 is 2.79 bits per heavy atom. The van der Waals surface area contributed by atoms with Crippen molar-refractivity contribution in [1.82, 2.24) is 0 Å². The van der Waals surface area contributed by atoms with Crippen LogP contribution in [0.15, 0.2) is 23.3 Å². The first kappa shape index (κ1) is 13.1. The molecule has 3 unspecified atom stereocenters. The highest BCUT2D eigenvalue weighted by Crippen LogP contribution is 2.62. The van der Waals surface area contributed by atoms with Gasteiger partial charge in [0.15, 0.2) is 0 Å². The molecule has 0 heterocycles. The van der Waals surface area contributed by atoms with Gasteiger partial charge in [0.2, 0.25) is 0 Å². The molecule has 0 bridgehead atoms. The highest BCUT2D eigenvalue weighted by Gasteiger charge is 2.53. The van der Waals surface area contributed by atoms with Crippen LogP contribution in [0.1, 0.15) is 52.4 Å². The highest BCUT2D eigenvalue weighted by molar-refractivity contribution is 5.81. The van der Waals surface area contributed by atoms with Crippen LogP contribution < -0.4 is 0 Å². The number of carbonyl (C=O) groups excluding carboxylic acids is 1. The lowest BCUT2D eigenvalue weighted by molar-refractivity contribution is -0.128. The number of hydrogen-bond acceptors (Lipinski definition) is 2. The molecule has 19 heavy (non-hydrogen) atoms. The molecule has 0 aromatic rings. The third kappa shape index (κ3) is 1.84. The Bertz CT molecular complexity index is 474. The van der Waals surface area contributed by atoms with Gasteiger partial charge < -0.3 is 4.74 Å². The average Bonchev–Trinajstić information content (AvgIpc) is 2.40. The molecule has 0 aromatic carbocycles. The van der Waals surface area contributed by atoms with E-state index in [1.54, 1.807) is 7.11 Å². The summed E-state index contributed by atoms with van der Waals surface area (Å²) in [5.41, 5.74) is 3.34. The maximum atomic E-state index is 11.9. The molecule has 2 saturated carbocycles. The summed E-state index contributed by atoms with van der Waals surface area (Å²) < 4.78 is 5.48. The number of ketones is 1. The van der Waals surface area contributed by atoms with E-state index in [1.165, 1.54) is 11.1 Å². The van der Waals surface area contributed by atoms with Crippen LogP contribution in [0.3, 0.4) is 0 Å². The van der Waals surface area contributed by atoms with Gasteiger partial charge in [-0.2, -0.15) is 0 Å². The Kier molecular flexibility index (Phi) is 2.97. The molecule has 3 aliphatic rings. The molecule has 3 rings (SSSR count). The fourth-order valence-electron chi connectivity index (χ4n) is 4.35. The second kappa shape index (κ2) is 4.31. The minimum atomic E-state index is 0.158. The van der Waals surface area contributed by atoms with Crippen LogP contribution >= 0.6 is 0 Å². The summed E-state index contributed by atoms with van der Waals surface area (Å²) in [7, 11) is 1.79. The van der Waals surface area contributed by atoms with E-state index in [4.69, 9.17) is 4.74 Å². The van der Waals surface area contributed by atoms with Crippen molar-refractivity contribution in [3.63, 3.8) is 0 Å². The summed E-state index contributed by atoms with van der Waals surface area (Å²) in [5.74, 6) is 0.457. The minimum Gasteiger partial charge on any atom is -0.377 e. The first-order chi connectivity index (χ1) is 8.98. The monoisotopic (exact) mass is 260 g/mol. The van der Waals surface area contributed by atoms with Crippen molar-refractivity contribution in [2.24, 2.45) is 10.8 Å². The van der Waals surface area contributed by atoms with Gasteiger partial charge in [-0.05, 0) is 47.7 Å². The zero-order chi connectivity index (χ0) is 13.7. The predicted octanol–water partition coefficient (Wildman–Crippen LogP) is 3.82. The molecule has 0 aromatic heterocycles. The summed E-state index contributed by atoms with van der Waals surface area (Å²) in [6, 6.07) is 0. The lowest BCUT2D eigenvalue weighted by Gasteiger charge is -2.55. The number of rotatable bonds is 1. The molecule has 104 valence electrons. The molecule has 0 saturated heterocycles. The lowest BCUT2D eigenvalue weighted by Crippen LogP contribution is -2.48. The number of fused-ring (bicyclic) bond motifs is 3. The molecule has 0 aliphatic heterocycles. The summed E-state index contributed by atoms with van der Waals surface area (Å²) in [5, 5.41) is 0. The van der Waals surface area contributed by atoms with Crippen molar-refractivity contribution >= 4 is 5.78 Å². The third-order valence-electron chi connectivity index (χ3n) is 5.95. The molecule has 2 heteroatoms. The van der Waals surface area contributed by atoms with Crippen LogP contribution in [0.25, 0.3) is 0 Å². The van der Waals surface area contributed by atoms with Crippen molar-refractivity contribution < 1.29 is 9.53 Å². The third-order valence-corrected chi connectivity index (χ3v) is 5.95. The second-order valence-corrected chi connectivity index (χ2v) is 6.93. The molecule has 0 N–H and O–H groups in total. The SMILES string of the molecule is COC1C=C2CCC3(C)CC(=O)CCC3(C)C2=CC1. The summed E-state index contributed by atoms with van der Waals surface area (Å²) in [6.07, 6.45) is 10.7. The Labute approximate surface area is 115 Å². The number of ether oxygens (including phenoxy) is 1. The molecule has 3 aliphatic carbocycles. The lowest BCUT2D eigenvalue weighted by atomic mass is 9.48. The fraction of sp³-hybridized carbons (Fsp3) is 0.706. The zero-order valence-corrected chi connectivity index (χ0v) is 12.3. The van der Waals surface area contributed by atoms with E-state index in [9.17, 15) is 4.79 Å². The first-order valence-corrected chi connectivity index (χ1v) is 7.45. The largest absolute Gasteiger partial charge is 0.377 e. The predicted molar refractivity (Wildman–Crippen MR) is 75.9 cm³/mol. The van der Waals surface area contributed by atoms with Gasteiger partial charge in [0.05, 0.1) is 6.10 Å². The molecule has 3 atom stereocenters. The van der Waals surface area contributed by atoms with Crippen LogP contribution in [0.4, 0.5) is 0 Å². The van der Waals surface area contributed by atoms with E-state index in [0.717, 1.165) is 38.5 Å². The smallest absolute Gasteiger partial charge is 0.133 e. The Balaban J connectivity index is 1.98. The summed E-state index contributed by atoms with van der Waals surface area (Å²) in [6.45, 7) is 4.70. The van der Waals surface area contributed by atoms with Gasteiger partial charge >= 0.3 is 0 Å². The van der Waals surface area contributed by atoms with E-state index < -0.39 is 0 Å². The van der Waals surface area contributed by atoms with E-state index in [0.29, 0.717) is 5.78 Å². The van der Waals surface area contributed by atoms with Crippen LogP contribution in [-0.2, 0) is 9.53 Å². The maximum Gasteiger partial charge on any atom is 0.133 e. The molecule has 0 spiro atoms. The van der Waals surface area contributed by atoms with Gasteiger partial charge in [0.25, 0.3) is 0 Å².